The number of rotatable bonds is 3. The molecule has 1 heterocycles. The number of nitrogens with zero attached hydrogens (tertiary/aromatic N) is 2. The minimum Gasteiger partial charge on any atom is -0.480 e. The second-order valence-corrected chi connectivity index (χ2v) is 5.30. The van der Waals surface area contributed by atoms with E-state index in [4.69, 9.17) is 5.11 Å². The van der Waals surface area contributed by atoms with E-state index in [0.717, 1.165) is 5.56 Å². The zero-order chi connectivity index (χ0) is 15.4. The molecule has 0 bridgehead atoms. The Morgan fingerprint density at radius 2 is 2.00 bits per heavy atom. The standard InChI is InChI=1S/C15H19FN2O3/c1-11-3-4-12(13(16)9-11)15(21)18-6-2-5-17(7-8-18)10-14(19)20/h3-4,9H,2,5-8,10H2,1H3,(H,19,20). The first-order valence-electron chi connectivity index (χ1n) is 6.97. The van der Waals surface area contributed by atoms with Crippen LogP contribution in [0, 0.1) is 12.7 Å². The molecule has 1 amide bonds. The van der Waals surface area contributed by atoms with Crippen LogP contribution in [-0.2, 0) is 4.79 Å². The van der Waals surface area contributed by atoms with Crippen LogP contribution in [0.15, 0.2) is 18.2 Å². The van der Waals surface area contributed by atoms with E-state index >= 15 is 0 Å². The quantitative estimate of drug-likeness (QED) is 0.914. The summed E-state index contributed by atoms with van der Waals surface area (Å²) in [6.07, 6.45) is 0.687. The molecular weight excluding hydrogens is 275 g/mol. The molecule has 0 aromatic heterocycles. The van der Waals surface area contributed by atoms with Gasteiger partial charge >= 0.3 is 5.97 Å². The third-order valence-electron chi connectivity index (χ3n) is 3.59. The first-order chi connectivity index (χ1) is 9.97. The smallest absolute Gasteiger partial charge is 0.317 e. The number of carboxylic acid groups (broad SMARTS) is 1. The van der Waals surface area contributed by atoms with Gasteiger partial charge in [0.2, 0.25) is 0 Å². The molecule has 1 aliphatic rings. The Kier molecular flexibility index (Phi) is 4.90. The van der Waals surface area contributed by atoms with Gasteiger partial charge < -0.3 is 10.0 Å². The van der Waals surface area contributed by atoms with E-state index in [1.54, 1.807) is 22.8 Å². The SMILES string of the molecule is Cc1ccc(C(=O)N2CCCN(CC(=O)O)CC2)c(F)c1. The minimum absolute atomic E-state index is 0.0269. The number of amides is 1. The van der Waals surface area contributed by atoms with E-state index in [2.05, 4.69) is 0 Å². The second-order valence-electron chi connectivity index (χ2n) is 5.30. The van der Waals surface area contributed by atoms with Crippen LogP contribution in [0.1, 0.15) is 22.3 Å². The predicted octanol–water partition coefficient (Wildman–Crippen LogP) is 1.37. The van der Waals surface area contributed by atoms with Crippen molar-refractivity contribution in [2.24, 2.45) is 0 Å². The maximum absolute atomic E-state index is 13.9. The van der Waals surface area contributed by atoms with Gasteiger partial charge in [-0.3, -0.25) is 14.5 Å². The molecule has 114 valence electrons. The van der Waals surface area contributed by atoms with Gasteiger partial charge in [0, 0.05) is 26.2 Å². The average molecular weight is 294 g/mol. The fourth-order valence-electron chi connectivity index (χ4n) is 2.49. The fraction of sp³-hybridized carbons (Fsp3) is 0.467. The molecule has 1 aliphatic heterocycles. The minimum atomic E-state index is -0.876. The van der Waals surface area contributed by atoms with Crippen LogP contribution in [0.3, 0.4) is 0 Å². The van der Waals surface area contributed by atoms with E-state index in [0.29, 0.717) is 32.6 Å². The highest BCUT2D eigenvalue weighted by Crippen LogP contribution is 2.14. The molecule has 6 heteroatoms. The van der Waals surface area contributed by atoms with Gasteiger partial charge in [0.1, 0.15) is 5.82 Å². The summed E-state index contributed by atoms with van der Waals surface area (Å²) in [6, 6.07) is 4.57. The van der Waals surface area contributed by atoms with Crippen LogP contribution in [-0.4, -0.2) is 59.5 Å². The molecule has 2 rings (SSSR count). The highest BCUT2D eigenvalue weighted by molar-refractivity contribution is 5.94. The Balaban J connectivity index is 2.04. The molecule has 21 heavy (non-hydrogen) atoms. The summed E-state index contributed by atoms with van der Waals surface area (Å²) >= 11 is 0. The molecule has 0 unspecified atom stereocenters. The van der Waals surface area contributed by atoms with Crippen molar-refractivity contribution in [3.63, 3.8) is 0 Å². The lowest BCUT2D eigenvalue weighted by atomic mass is 10.1. The van der Waals surface area contributed by atoms with Gasteiger partial charge in [0.15, 0.2) is 0 Å². The number of aryl methyl sites for hydroxylation is 1. The van der Waals surface area contributed by atoms with Crippen molar-refractivity contribution >= 4 is 11.9 Å². The van der Waals surface area contributed by atoms with E-state index in [-0.39, 0.29) is 18.0 Å². The Bertz CT molecular complexity index is 548. The van der Waals surface area contributed by atoms with Crippen LogP contribution in [0.5, 0.6) is 0 Å². The van der Waals surface area contributed by atoms with Crippen LogP contribution in [0.2, 0.25) is 0 Å². The predicted molar refractivity (Wildman–Crippen MR) is 75.7 cm³/mol. The van der Waals surface area contributed by atoms with Crippen LogP contribution >= 0.6 is 0 Å². The molecular formula is C15H19FN2O3. The van der Waals surface area contributed by atoms with Crippen molar-refractivity contribution in [1.29, 1.82) is 0 Å². The summed E-state index contributed by atoms with van der Waals surface area (Å²) in [6.45, 7) is 3.80. The monoisotopic (exact) mass is 294 g/mol. The van der Waals surface area contributed by atoms with Gasteiger partial charge in [-0.2, -0.15) is 0 Å². The van der Waals surface area contributed by atoms with Crippen molar-refractivity contribution in [1.82, 2.24) is 9.80 Å². The molecule has 0 aliphatic carbocycles. The maximum Gasteiger partial charge on any atom is 0.317 e. The second kappa shape index (κ2) is 6.67. The summed E-state index contributed by atoms with van der Waals surface area (Å²) in [7, 11) is 0. The normalized spacial score (nSPS) is 16.6. The van der Waals surface area contributed by atoms with Crippen molar-refractivity contribution in [3.05, 3.63) is 35.1 Å². The Morgan fingerprint density at radius 3 is 2.67 bits per heavy atom. The lowest BCUT2D eigenvalue weighted by Crippen LogP contribution is -2.37. The number of benzene rings is 1. The third kappa shape index (κ3) is 4.01. The number of carbonyl (C=O) groups is 2. The van der Waals surface area contributed by atoms with Gasteiger partial charge in [-0.1, -0.05) is 6.07 Å². The van der Waals surface area contributed by atoms with Crippen LogP contribution in [0.25, 0.3) is 0 Å². The number of hydrogen-bond donors (Lipinski definition) is 1. The Morgan fingerprint density at radius 1 is 1.24 bits per heavy atom. The number of carbonyl (C=O) groups excluding carboxylic acids is 1. The molecule has 0 radical (unpaired) electrons. The zero-order valence-electron chi connectivity index (χ0n) is 12.0. The molecule has 1 fully saturated rings. The molecule has 5 nitrogen and oxygen atoms in total. The number of aliphatic carboxylic acids is 1. The topological polar surface area (TPSA) is 60.9 Å². The molecule has 1 aromatic carbocycles. The van der Waals surface area contributed by atoms with Gasteiger partial charge in [0.05, 0.1) is 12.1 Å². The van der Waals surface area contributed by atoms with Crippen molar-refractivity contribution in [3.8, 4) is 0 Å². The number of carboxylic acids is 1. The zero-order valence-corrected chi connectivity index (χ0v) is 12.0. The molecule has 1 saturated heterocycles. The third-order valence-corrected chi connectivity index (χ3v) is 3.59. The van der Waals surface area contributed by atoms with E-state index < -0.39 is 11.8 Å². The van der Waals surface area contributed by atoms with Crippen molar-refractivity contribution < 1.29 is 19.1 Å². The van der Waals surface area contributed by atoms with Gasteiger partial charge in [-0.15, -0.1) is 0 Å². The van der Waals surface area contributed by atoms with Crippen LogP contribution in [0.4, 0.5) is 4.39 Å². The summed E-state index contributed by atoms with van der Waals surface area (Å²) in [5.41, 5.74) is 0.847. The van der Waals surface area contributed by atoms with E-state index in [1.165, 1.54) is 12.1 Å². The van der Waals surface area contributed by atoms with Crippen LogP contribution < -0.4 is 0 Å². The van der Waals surface area contributed by atoms with Gasteiger partial charge in [0.25, 0.3) is 5.91 Å². The van der Waals surface area contributed by atoms with Crippen molar-refractivity contribution in [2.75, 3.05) is 32.7 Å². The Labute approximate surface area is 123 Å². The largest absolute Gasteiger partial charge is 0.480 e. The molecule has 0 atom stereocenters. The number of halogens is 1. The lowest BCUT2D eigenvalue weighted by molar-refractivity contribution is -0.138. The molecule has 1 N–H and O–H groups in total. The fourth-order valence-corrected chi connectivity index (χ4v) is 2.49. The summed E-state index contributed by atoms with van der Waals surface area (Å²) in [5.74, 6) is -1.71. The average Bonchev–Trinajstić information content (AvgIpc) is 2.63. The molecule has 0 saturated carbocycles. The summed E-state index contributed by atoms with van der Waals surface area (Å²) < 4.78 is 13.9. The highest BCUT2D eigenvalue weighted by atomic mass is 19.1. The number of hydrogen-bond acceptors (Lipinski definition) is 3. The summed E-state index contributed by atoms with van der Waals surface area (Å²) in [4.78, 5) is 26.5. The first-order valence-corrected chi connectivity index (χ1v) is 6.97. The maximum atomic E-state index is 13.9. The summed E-state index contributed by atoms with van der Waals surface area (Å²) in [5, 5.41) is 8.80. The lowest BCUT2D eigenvalue weighted by Gasteiger charge is -2.21. The first kappa shape index (κ1) is 15.4. The molecule has 0 spiro atoms. The Hall–Kier alpha value is -1.95. The van der Waals surface area contributed by atoms with E-state index in [1.807, 2.05) is 0 Å². The van der Waals surface area contributed by atoms with E-state index in [9.17, 15) is 14.0 Å². The van der Waals surface area contributed by atoms with Gasteiger partial charge in [-0.05, 0) is 31.0 Å². The highest BCUT2D eigenvalue weighted by Gasteiger charge is 2.23. The van der Waals surface area contributed by atoms with Gasteiger partial charge in [-0.25, -0.2) is 4.39 Å². The van der Waals surface area contributed by atoms with Crippen molar-refractivity contribution in [2.45, 2.75) is 13.3 Å². The molecule has 1 aromatic rings.